The van der Waals surface area contributed by atoms with Crippen LogP contribution in [0.25, 0.3) is 0 Å². The number of hydrogen-bond donors (Lipinski definition) is 1. The van der Waals surface area contributed by atoms with Gasteiger partial charge in [-0.2, -0.15) is 4.31 Å². The molecule has 6 nitrogen and oxygen atoms in total. The van der Waals surface area contributed by atoms with E-state index in [0.29, 0.717) is 14.5 Å². The number of benzene rings is 2. The third-order valence-electron chi connectivity index (χ3n) is 4.32. The average Bonchev–Trinajstić information content (AvgIpc) is 2.87. The van der Waals surface area contributed by atoms with Crippen LogP contribution in [0, 0.1) is 0 Å². The summed E-state index contributed by atoms with van der Waals surface area (Å²) in [5.41, 5.74) is 0.698. The van der Waals surface area contributed by atoms with Gasteiger partial charge in [-0.1, -0.05) is 46.3 Å². The van der Waals surface area contributed by atoms with Crippen LogP contribution in [-0.2, 0) is 26.4 Å². The van der Waals surface area contributed by atoms with Crippen molar-refractivity contribution in [1.29, 1.82) is 0 Å². The minimum atomic E-state index is -4.09. The molecule has 2 aromatic rings. The molecule has 1 aliphatic heterocycles. The van der Waals surface area contributed by atoms with E-state index in [0.717, 1.165) is 4.31 Å². The summed E-state index contributed by atoms with van der Waals surface area (Å²) < 4.78 is 52.9. The lowest BCUT2D eigenvalue weighted by Gasteiger charge is -2.30. The van der Waals surface area contributed by atoms with Crippen molar-refractivity contribution in [2.75, 3.05) is 11.5 Å². The molecule has 1 fully saturated rings. The van der Waals surface area contributed by atoms with Crippen LogP contribution in [0.2, 0.25) is 0 Å². The van der Waals surface area contributed by atoms with Crippen molar-refractivity contribution < 1.29 is 21.9 Å². The fourth-order valence-electron chi connectivity index (χ4n) is 3.03. The quantitative estimate of drug-likeness (QED) is 0.631. The highest BCUT2D eigenvalue weighted by Gasteiger charge is 2.45. The van der Waals surface area contributed by atoms with Crippen molar-refractivity contribution >= 4 is 51.7 Å². The smallest absolute Gasteiger partial charge is 0.244 e. The van der Waals surface area contributed by atoms with E-state index in [1.54, 1.807) is 36.4 Å². The molecule has 1 N–H and O–H groups in total. The first kappa shape index (κ1) is 20.9. The molecule has 0 spiro atoms. The Kier molecular flexibility index (Phi) is 6.14. The first-order chi connectivity index (χ1) is 12.6. The van der Waals surface area contributed by atoms with Crippen LogP contribution in [0.3, 0.4) is 0 Å². The lowest BCUT2D eigenvalue weighted by Crippen LogP contribution is -2.46. The Hall–Kier alpha value is -0.780. The van der Waals surface area contributed by atoms with E-state index in [2.05, 4.69) is 31.9 Å². The molecule has 0 aromatic heterocycles. The Balaban J connectivity index is 2.10. The second kappa shape index (κ2) is 7.92. The Morgan fingerprint density at radius 1 is 1.07 bits per heavy atom. The molecule has 0 bridgehead atoms. The molecule has 27 heavy (non-hydrogen) atoms. The van der Waals surface area contributed by atoms with Gasteiger partial charge < -0.3 is 5.11 Å². The summed E-state index contributed by atoms with van der Waals surface area (Å²) >= 11 is 6.53. The van der Waals surface area contributed by atoms with Crippen LogP contribution < -0.4 is 0 Å². The zero-order valence-electron chi connectivity index (χ0n) is 14.0. The van der Waals surface area contributed by atoms with E-state index in [9.17, 15) is 21.9 Å². The van der Waals surface area contributed by atoms with Gasteiger partial charge in [0.25, 0.3) is 0 Å². The summed E-state index contributed by atoms with van der Waals surface area (Å²) in [6.45, 7) is -0.0423. The SMILES string of the molecule is O=S1(=O)C[C@@H](O)[C@@H](N(Cc2ccccc2)S(=O)(=O)c2cc(Br)ccc2Br)C1. The largest absolute Gasteiger partial charge is 0.390 e. The van der Waals surface area contributed by atoms with E-state index < -0.39 is 43.5 Å². The van der Waals surface area contributed by atoms with Crippen LogP contribution in [0.4, 0.5) is 0 Å². The number of halogens is 2. The van der Waals surface area contributed by atoms with Gasteiger partial charge in [0.15, 0.2) is 9.84 Å². The van der Waals surface area contributed by atoms with E-state index in [1.165, 1.54) is 6.07 Å². The molecule has 0 saturated carbocycles. The molecular weight excluding hydrogens is 522 g/mol. The number of nitrogens with zero attached hydrogens (tertiary/aromatic N) is 1. The van der Waals surface area contributed by atoms with Crippen LogP contribution >= 0.6 is 31.9 Å². The highest BCUT2D eigenvalue weighted by molar-refractivity contribution is 9.11. The Bertz CT molecular complexity index is 1040. The van der Waals surface area contributed by atoms with Gasteiger partial charge in [0.1, 0.15) is 0 Å². The normalized spacial score (nSPS) is 22.2. The lowest BCUT2D eigenvalue weighted by molar-refractivity contribution is 0.125. The Morgan fingerprint density at radius 3 is 2.33 bits per heavy atom. The number of rotatable bonds is 5. The van der Waals surface area contributed by atoms with E-state index in [1.807, 2.05) is 6.07 Å². The van der Waals surface area contributed by atoms with Gasteiger partial charge in [-0.15, -0.1) is 0 Å². The highest BCUT2D eigenvalue weighted by Crippen LogP contribution is 2.32. The summed E-state index contributed by atoms with van der Waals surface area (Å²) in [6.07, 6.45) is -1.28. The average molecular weight is 539 g/mol. The summed E-state index contributed by atoms with van der Waals surface area (Å²) in [5, 5.41) is 10.3. The summed E-state index contributed by atoms with van der Waals surface area (Å²) in [7, 11) is -7.61. The maximum atomic E-state index is 13.4. The topological polar surface area (TPSA) is 91.8 Å². The van der Waals surface area contributed by atoms with Gasteiger partial charge in [-0.25, -0.2) is 16.8 Å². The molecule has 1 saturated heterocycles. The van der Waals surface area contributed by atoms with Gasteiger partial charge in [0.05, 0.1) is 28.5 Å². The molecule has 2 aromatic carbocycles. The van der Waals surface area contributed by atoms with E-state index in [4.69, 9.17) is 0 Å². The zero-order chi connectivity index (χ0) is 19.8. The molecule has 3 rings (SSSR count). The fraction of sp³-hybridized carbons (Fsp3) is 0.294. The van der Waals surface area contributed by atoms with Crippen molar-refractivity contribution in [2.24, 2.45) is 0 Å². The number of hydrogen-bond acceptors (Lipinski definition) is 5. The molecular formula is C17H17Br2NO5S2. The van der Waals surface area contributed by atoms with Gasteiger partial charge in [-0.3, -0.25) is 0 Å². The lowest BCUT2D eigenvalue weighted by atomic mass is 10.2. The first-order valence-corrected chi connectivity index (χ1v) is 12.8. The molecule has 146 valence electrons. The van der Waals surface area contributed by atoms with Crippen LogP contribution in [0.15, 0.2) is 62.4 Å². The minimum absolute atomic E-state index is 0.00399. The second-order valence-corrected chi connectivity index (χ2v) is 12.1. The monoisotopic (exact) mass is 537 g/mol. The number of sulfonamides is 1. The predicted octanol–water partition coefficient (Wildman–Crippen LogP) is 2.56. The maximum absolute atomic E-state index is 13.4. The first-order valence-electron chi connectivity index (χ1n) is 7.99. The molecule has 2 atom stereocenters. The fourth-order valence-corrected chi connectivity index (χ4v) is 8.03. The molecule has 0 unspecified atom stereocenters. The van der Waals surface area contributed by atoms with Crippen LogP contribution in [0.1, 0.15) is 5.56 Å². The van der Waals surface area contributed by atoms with Gasteiger partial charge in [-0.05, 0) is 39.7 Å². The van der Waals surface area contributed by atoms with Gasteiger partial charge in [0, 0.05) is 15.5 Å². The summed E-state index contributed by atoms with van der Waals surface area (Å²) in [5.74, 6) is -0.857. The maximum Gasteiger partial charge on any atom is 0.244 e. The molecule has 1 aliphatic rings. The zero-order valence-corrected chi connectivity index (χ0v) is 18.8. The third kappa shape index (κ3) is 4.63. The van der Waals surface area contributed by atoms with Crippen LogP contribution in [-0.4, -0.2) is 49.9 Å². The van der Waals surface area contributed by atoms with Crippen molar-refractivity contribution in [2.45, 2.75) is 23.6 Å². The second-order valence-electron chi connectivity index (χ2n) is 6.32. The molecule has 0 radical (unpaired) electrons. The molecule has 1 heterocycles. The Morgan fingerprint density at radius 2 is 1.74 bits per heavy atom. The van der Waals surface area contributed by atoms with E-state index >= 15 is 0 Å². The van der Waals surface area contributed by atoms with Crippen molar-refractivity contribution in [1.82, 2.24) is 4.31 Å². The van der Waals surface area contributed by atoms with Crippen molar-refractivity contribution in [3.8, 4) is 0 Å². The highest BCUT2D eigenvalue weighted by atomic mass is 79.9. The minimum Gasteiger partial charge on any atom is -0.390 e. The van der Waals surface area contributed by atoms with Crippen molar-refractivity contribution in [3.05, 3.63) is 63.0 Å². The van der Waals surface area contributed by atoms with Crippen molar-refractivity contribution in [3.63, 3.8) is 0 Å². The number of aliphatic hydroxyl groups excluding tert-OH is 1. The summed E-state index contributed by atoms with van der Waals surface area (Å²) in [6, 6.07) is 12.6. The predicted molar refractivity (Wildman–Crippen MR) is 109 cm³/mol. The Labute approximate surface area is 175 Å². The van der Waals surface area contributed by atoms with Gasteiger partial charge in [0.2, 0.25) is 10.0 Å². The number of sulfone groups is 1. The van der Waals surface area contributed by atoms with Gasteiger partial charge >= 0.3 is 0 Å². The third-order valence-corrected chi connectivity index (χ3v) is 9.38. The molecule has 0 amide bonds. The molecule has 10 heteroatoms. The standard InChI is InChI=1S/C17H17Br2NO5S2/c18-13-6-7-14(19)17(8-13)27(24,25)20(9-12-4-2-1-3-5-12)15-10-26(22,23)11-16(15)21/h1-8,15-16,21H,9-11H2/t15-,16+/m0/s1. The van der Waals surface area contributed by atoms with Crippen LogP contribution in [0.5, 0.6) is 0 Å². The number of aliphatic hydroxyl groups is 1. The summed E-state index contributed by atoms with van der Waals surface area (Å²) in [4.78, 5) is 0.00399. The molecule has 0 aliphatic carbocycles. The van der Waals surface area contributed by atoms with E-state index in [-0.39, 0.29) is 11.4 Å².